The fourth-order valence-corrected chi connectivity index (χ4v) is 3.22. The van der Waals surface area contributed by atoms with Gasteiger partial charge in [-0.1, -0.05) is 6.07 Å². The van der Waals surface area contributed by atoms with Gasteiger partial charge >= 0.3 is 0 Å². The molecule has 154 valence electrons. The van der Waals surface area contributed by atoms with Crippen LogP contribution in [0, 0.1) is 0 Å². The molecule has 0 aromatic carbocycles. The van der Waals surface area contributed by atoms with Gasteiger partial charge in [-0.3, -0.25) is 0 Å². The monoisotopic (exact) mass is 498 g/mol. The summed E-state index contributed by atoms with van der Waals surface area (Å²) in [6, 6.07) is 8.30. The van der Waals surface area contributed by atoms with Gasteiger partial charge in [0.05, 0.1) is 26.3 Å². The maximum absolute atomic E-state index is 5.47. The van der Waals surface area contributed by atoms with Crippen molar-refractivity contribution in [1.82, 2.24) is 19.8 Å². The topological polar surface area (TPSA) is 57.9 Å². The van der Waals surface area contributed by atoms with Gasteiger partial charge in [0.15, 0.2) is 5.96 Å². The van der Waals surface area contributed by atoms with Gasteiger partial charge in [-0.15, -0.1) is 24.0 Å². The third-order valence-corrected chi connectivity index (χ3v) is 4.72. The second-order valence-corrected chi connectivity index (χ2v) is 6.72. The van der Waals surface area contributed by atoms with E-state index in [-0.39, 0.29) is 24.0 Å². The summed E-state index contributed by atoms with van der Waals surface area (Å²) in [6.45, 7) is 7.58. The van der Waals surface area contributed by atoms with E-state index in [0.717, 1.165) is 56.7 Å². The minimum Gasteiger partial charge on any atom is -0.378 e. The second kappa shape index (κ2) is 11.3. The van der Waals surface area contributed by atoms with Crippen LogP contribution in [0.1, 0.15) is 18.2 Å². The van der Waals surface area contributed by atoms with Crippen LogP contribution in [0.25, 0.3) is 0 Å². The second-order valence-electron chi connectivity index (χ2n) is 6.72. The Morgan fingerprint density at radius 1 is 1.29 bits per heavy atom. The normalized spacial score (nSPS) is 14.5. The van der Waals surface area contributed by atoms with Crippen molar-refractivity contribution in [2.75, 3.05) is 44.8 Å². The SMILES string of the molecule is CCNC(=NCc1cccnc1N1CCOCC1)N(C)Cc1cccn1C.I. The van der Waals surface area contributed by atoms with Crippen molar-refractivity contribution in [1.29, 1.82) is 0 Å². The molecule has 3 rings (SSSR count). The first kappa shape index (κ1) is 22.5. The molecule has 28 heavy (non-hydrogen) atoms. The number of aliphatic imine (C=N–C) groups is 1. The van der Waals surface area contributed by atoms with Crippen LogP contribution >= 0.6 is 24.0 Å². The van der Waals surface area contributed by atoms with Gasteiger partial charge in [0.1, 0.15) is 5.82 Å². The van der Waals surface area contributed by atoms with Gasteiger partial charge in [-0.2, -0.15) is 0 Å². The number of guanidine groups is 1. The van der Waals surface area contributed by atoms with Crippen molar-refractivity contribution in [2.45, 2.75) is 20.0 Å². The summed E-state index contributed by atoms with van der Waals surface area (Å²) in [5.41, 5.74) is 2.39. The van der Waals surface area contributed by atoms with E-state index in [1.807, 2.05) is 12.3 Å². The number of rotatable bonds is 6. The van der Waals surface area contributed by atoms with Gasteiger partial charge in [0, 0.05) is 57.4 Å². The van der Waals surface area contributed by atoms with Crippen LogP contribution in [0.4, 0.5) is 5.82 Å². The largest absolute Gasteiger partial charge is 0.378 e. The zero-order chi connectivity index (χ0) is 19.1. The highest BCUT2D eigenvalue weighted by molar-refractivity contribution is 14.0. The smallest absolute Gasteiger partial charge is 0.194 e. The predicted octanol–water partition coefficient (Wildman–Crippen LogP) is 2.47. The maximum atomic E-state index is 5.47. The van der Waals surface area contributed by atoms with Crippen LogP contribution in [0.3, 0.4) is 0 Å². The molecule has 2 aromatic heterocycles. The van der Waals surface area contributed by atoms with Crippen LogP contribution in [0.2, 0.25) is 0 Å². The molecular weight excluding hydrogens is 467 g/mol. The van der Waals surface area contributed by atoms with Crippen LogP contribution in [-0.4, -0.2) is 60.3 Å². The lowest BCUT2D eigenvalue weighted by atomic mass is 10.2. The summed E-state index contributed by atoms with van der Waals surface area (Å²) in [5, 5.41) is 3.40. The summed E-state index contributed by atoms with van der Waals surface area (Å²) in [7, 11) is 4.14. The van der Waals surface area contributed by atoms with Crippen LogP contribution in [0.5, 0.6) is 0 Å². The number of anilines is 1. The third kappa shape index (κ3) is 5.84. The molecule has 0 amide bonds. The number of pyridine rings is 1. The van der Waals surface area contributed by atoms with Crippen LogP contribution < -0.4 is 10.2 Å². The van der Waals surface area contributed by atoms with Crippen LogP contribution in [-0.2, 0) is 24.9 Å². The highest BCUT2D eigenvalue weighted by Gasteiger charge is 2.16. The summed E-state index contributed by atoms with van der Waals surface area (Å²) >= 11 is 0. The fourth-order valence-electron chi connectivity index (χ4n) is 3.22. The zero-order valence-corrected chi connectivity index (χ0v) is 19.3. The minimum absolute atomic E-state index is 0. The first-order valence-electron chi connectivity index (χ1n) is 9.55. The minimum atomic E-state index is 0. The number of halogens is 1. The summed E-state index contributed by atoms with van der Waals surface area (Å²) in [5.74, 6) is 1.92. The Morgan fingerprint density at radius 2 is 2.07 bits per heavy atom. The number of aryl methyl sites for hydroxylation is 1. The summed E-state index contributed by atoms with van der Waals surface area (Å²) in [6.07, 6.45) is 3.92. The number of morpholine rings is 1. The Kier molecular flexibility index (Phi) is 9.04. The average Bonchev–Trinajstić information content (AvgIpc) is 3.10. The molecular formula is C20H31IN6O. The summed E-state index contributed by atoms with van der Waals surface area (Å²) in [4.78, 5) is 13.9. The molecule has 0 bridgehead atoms. The van der Waals surface area contributed by atoms with Crippen molar-refractivity contribution in [3.05, 3.63) is 47.9 Å². The van der Waals surface area contributed by atoms with E-state index < -0.39 is 0 Å². The first-order valence-corrected chi connectivity index (χ1v) is 9.55. The molecule has 1 aliphatic heterocycles. The van der Waals surface area contributed by atoms with E-state index in [1.54, 1.807) is 0 Å². The van der Waals surface area contributed by atoms with Crippen molar-refractivity contribution >= 4 is 35.8 Å². The molecule has 7 nitrogen and oxygen atoms in total. The van der Waals surface area contributed by atoms with E-state index in [0.29, 0.717) is 6.54 Å². The molecule has 1 N–H and O–H groups in total. The molecule has 1 fully saturated rings. The molecule has 2 aromatic rings. The Balaban J connectivity index is 0.00000280. The first-order chi connectivity index (χ1) is 13.2. The van der Waals surface area contributed by atoms with E-state index in [1.165, 1.54) is 5.69 Å². The maximum Gasteiger partial charge on any atom is 0.194 e. The highest BCUT2D eigenvalue weighted by atomic mass is 127. The number of nitrogens with one attached hydrogen (secondary N) is 1. The molecule has 0 spiro atoms. The lowest BCUT2D eigenvalue weighted by Crippen LogP contribution is -2.39. The molecule has 0 saturated carbocycles. The van der Waals surface area contributed by atoms with Crippen molar-refractivity contribution in [3.8, 4) is 0 Å². The lowest BCUT2D eigenvalue weighted by Gasteiger charge is -2.29. The van der Waals surface area contributed by atoms with Crippen molar-refractivity contribution in [3.63, 3.8) is 0 Å². The van der Waals surface area contributed by atoms with Crippen molar-refractivity contribution in [2.24, 2.45) is 12.0 Å². The quantitative estimate of drug-likeness (QED) is 0.377. The van der Waals surface area contributed by atoms with E-state index in [2.05, 4.69) is 70.1 Å². The molecule has 0 atom stereocenters. The molecule has 3 heterocycles. The van der Waals surface area contributed by atoms with Gasteiger partial charge < -0.3 is 24.4 Å². The van der Waals surface area contributed by atoms with Gasteiger partial charge in [0.25, 0.3) is 0 Å². The van der Waals surface area contributed by atoms with Gasteiger partial charge in [0.2, 0.25) is 0 Å². The zero-order valence-electron chi connectivity index (χ0n) is 17.0. The van der Waals surface area contributed by atoms with E-state index >= 15 is 0 Å². The fraction of sp³-hybridized carbons (Fsp3) is 0.500. The highest BCUT2D eigenvalue weighted by Crippen LogP contribution is 2.19. The molecule has 0 unspecified atom stereocenters. The molecule has 0 radical (unpaired) electrons. The van der Waals surface area contributed by atoms with E-state index in [4.69, 9.17) is 9.73 Å². The van der Waals surface area contributed by atoms with Gasteiger partial charge in [-0.25, -0.2) is 9.98 Å². The van der Waals surface area contributed by atoms with Crippen molar-refractivity contribution < 1.29 is 4.74 Å². The standard InChI is InChI=1S/C20H30N6O.HI/c1-4-21-20(25(3)16-18-8-6-10-24(18)2)23-15-17-7-5-9-22-19(17)26-11-13-27-14-12-26;/h5-10H,4,11-16H2,1-3H3,(H,21,23);1H. The number of ether oxygens (including phenoxy) is 1. The van der Waals surface area contributed by atoms with E-state index in [9.17, 15) is 0 Å². The molecule has 0 aliphatic carbocycles. The Morgan fingerprint density at radius 3 is 2.75 bits per heavy atom. The Labute approximate surface area is 184 Å². The van der Waals surface area contributed by atoms with Crippen LogP contribution in [0.15, 0.2) is 41.7 Å². The summed E-state index contributed by atoms with van der Waals surface area (Å²) < 4.78 is 7.60. The van der Waals surface area contributed by atoms with Gasteiger partial charge in [-0.05, 0) is 25.1 Å². The average molecular weight is 498 g/mol. The molecule has 8 heteroatoms. The third-order valence-electron chi connectivity index (χ3n) is 4.72. The Hall–Kier alpha value is -1.81. The Bertz CT molecular complexity index is 757. The lowest BCUT2D eigenvalue weighted by molar-refractivity contribution is 0.122. The number of aromatic nitrogens is 2. The molecule has 1 saturated heterocycles. The predicted molar refractivity (Wildman–Crippen MR) is 124 cm³/mol. The molecule has 1 aliphatic rings. The number of nitrogens with zero attached hydrogens (tertiary/aromatic N) is 5. The number of hydrogen-bond acceptors (Lipinski definition) is 4. The number of hydrogen-bond donors (Lipinski definition) is 1.